The van der Waals surface area contributed by atoms with Crippen LogP contribution in [-0.2, 0) is 0 Å². The smallest absolute Gasteiger partial charge is 0.185 e. The van der Waals surface area contributed by atoms with E-state index in [2.05, 4.69) is 27.7 Å². The van der Waals surface area contributed by atoms with E-state index in [1.54, 1.807) is 0 Å². The van der Waals surface area contributed by atoms with E-state index in [-0.39, 0.29) is 0 Å². The fraction of sp³-hybridized carbons (Fsp3) is 0.400. The second-order valence-corrected chi connectivity index (χ2v) is 3.32. The van der Waals surface area contributed by atoms with Crippen LogP contribution in [0.1, 0.15) is 22.3 Å². The first-order valence-electron chi connectivity index (χ1n) is 4.07. The highest BCUT2D eigenvalue weighted by molar-refractivity contribution is 5.58. The third kappa shape index (κ3) is 0.697. The summed E-state index contributed by atoms with van der Waals surface area (Å²) in [5.41, 5.74) is 4.78. The van der Waals surface area contributed by atoms with Gasteiger partial charge < -0.3 is 0 Å². The van der Waals surface area contributed by atoms with E-state index in [4.69, 9.17) is 9.78 Å². The van der Waals surface area contributed by atoms with Crippen LogP contribution in [-0.4, -0.2) is 0 Å². The van der Waals surface area contributed by atoms with Crippen molar-refractivity contribution in [3.8, 4) is 11.5 Å². The molecule has 0 fully saturated rings. The Labute approximate surface area is 72.0 Å². The third-order valence-electron chi connectivity index (χ3n) is 2.70. The van der Waals surface area contributed by atoms with Gasteiger partial charge in [-0.15, -0.1) is 0 Å². The zero-order valence-electron chi connectivity index (χ0n) is 7.82. The summed E-state index contributed by atoms with van der Waals surface area (Å²) in [6, 6.07) is 0. The summed E-state index contributed by atoms with van der Waals surface area (Å²) in [5, 5.41) is 0. The highest BCUT2D eigenvalue weighted by Crippen LogP contribution is 2.41. The summed E-state index contributed by atoms with van der Waals surface area (Å²) < 4.78 is 0. The maximum absolute atomic E-state index is 5.11. The van der Waals surface area contributed by atoms with Crippen LogP contribution in [0.2, 0.25) is 0 Å². The molecular formula is C10H12O2. The average molecular weight is 164 g/mol. The maximum Gasteiger partial charge on any atom is 0.185 e. The van der Waals surface area contributed by atoms with Gasteiger partial charge in [0.05, 0.1) is 0 Å². The molecule has 2 nitrogen and oxygen atoms in total. The largest absolute Gasteiger partial charge is 0.289 e. The van der Waals surface area contributed by atoms with E-state index >= 15 is 0 Å². The highest BCUT2D eigenvalue weighted by atomic mass is 17.2. The molecule has 1 aromatic carbocycles. The van der Waals surface area contributed by atoms with Crippen molar-refractivity contribution in [1.82, 2.24) is 0 Å². The lowest BCUT2D eigenvalue weighted by Gasteiger charge is -2.24. The van der Waals surface area contributed by atoms with Crippen LogP contribution in [0.3, 0.4) is 0 Å². The van der Waals surface area contributed by atoms with Crippen LogP contribution in [0.15, 0.2) is 0 Å². The molecule has 0 atom stereocenters. The standard InChI is InChI=1S/C10H12O2/c1-5-6(2)10-8(4)7(3)9(5)11-12-10/h1-4H3. The molecule has 0 spiro atoms. The first-order chi connectivity index (χ1) is 5.63. The van der Waals surface area contributed by atoms with Gasteiger partial charge >= 0.3 is 0 Å². The van der Waals surface area contributed by atoms with E-state index in [9.17, 15) is 0 Å². The molecule has 0 aromatic heterocycles. The predicted octanol–water partition coefficient (Wildman–Crippen LogP) is 2.61. The molecule has 2 aliphatic heterocycles. The van der Waals surface area contributed by atoms with Crippen molar-refractivity contribution in [1.29, 1.82) is 0 Å². The summed E-state index contributed by atoms with van der Waals surface area (Å²) >= 11 is 0. The van der Waals surface area contributed by atoms with Gasteiger partial charge in [0.25, 0.3) is 0 Å². The normalized spacial score (nSPS) is 12.7. The highest BCUT2D eigenvalue weighted by Gasteiger charge is 2.23. The average Bonchev–Trinajstić information content (AvgIpc) is 2.05. The molecule has 0 saturated heterocycles. The molecule has 0 N–H and O–H groups in total. The number of hydrogen-bond donors (Lipinski definition) is 0. The minimum absolute atomic E-state index is 0.889. The Kier molecular flexibility index (Phi) is 1.34. The Morgan fingerprint density at radius 3 is 1.08 bits per heavy atom. The van der Waals surface area contributed by atoms with Gasteiger partial charge in [-0.25, -0.2) is 0 Å². The van der Waals surface area contributed by atoms with Crippen molar-refractivity contribution in [3.63, 3.8) is 0 Å². The zero-order chi connectivity index (χ0) is 8.88. The van der Waals surface area contributed by atoms with Crippen LogP contribution in [0.25, 0.3) is 0 Å². The van der Waals surface area contributed by atoms with Crippen molar-refractivity contribution in [2.75, 3.05) is 0 Å². The van der Waals surface area contributed by atoms with Gasteiger partial charge in [0.2, 0.25) is 0 Å². The van der Waals surface area contributed by atoms with Crippen molar-refractivity contribution in [3.05, 3.63) is 22.3 Å². The van der Waals surface area contributed by atoms with E-state index in [0.29, 0.717) is 0 Å². The topological polar surface area (TPSA) is 18.5 Å². The number of hydrogen-bond acceptors (Lipinski definition) is 2. The molecule has 0 aliphatic carbocycles. The maximum atomic E-state index is 5.11. The summed E-state index contributed by atoms with van der Waals surface area (Å²) in [4.78, 5) is 10.2. The van der Waals surface area contributed by atoms with Crippen LogP contribution in [0, 0.1) is 27.7 Å². The molecule has 2 bridgehead atoms. The number of fused-ring (bicyclic) bond motifs is 3. The quantitative estimate of drug-likeness (QED) is 0.549. The molecule has 1 aromatic rings. The van der Waals surface area contributed by atoms with Crippen LogP contribution < -0.4 is 9.78 Å². The van der Waals surface area contributed by atoms with Gasteiger partial charge in [0.1, 0.15) is 0 Å². The van der Waals surface area contributed by atoms with Crippen LogP contribution >= 0.6 is 0 Å². The SMILES string of the molecule is Cc1c(C)c2c(C)c(C)c1OO2. The molecule has 2 heterocycles. The predicted molar refractivity (Wildman–Crippen MR) is 46.6 cm³/mol. The fourth-order valence-electron chi connectivity index (χ4n) is 1.58. The molecule has 2 heteroatoms. The van der Waals surface area contributed by atoms with E-state index in [1.165, 1.54) is 22.3 Å². The Hall–Kier alpha value is -1.18. The van der Waals surface area contributed by atoms with Crippen molar-refractivity contribution in [2.24, 2.45) is 0 Å². The van der Waals surface area contributed by atoms with Crippen LogP contribution in [0.5, 0.6) is 11.5 Å². The lowest BCUT2D eigenvalue weighted by Crippen LogP contribution is -2.14. The summed E-state index contributed by atoms with van der Waals surface area (Å²) in [6.45, 7) is 8.23. The van der Waals surface area contributed by atoms with Gasteiger partial charge in [-0.2, -0.15) is 0 Å². The first-order valence-corrected chi connectivity index (χ1v) is 4.07. The lowest BCUT2D eigenvalue weighted by molar-refractivity contribution is -0.111. The Balaban J connectivity index is 2.85. The Morgan fingerprint density at radius 2 is 0.833 bits per heavy atom. The summed E-state index contributed by atoms with van der Waals surface area (Å²) in [7, 11) is 0. The fourth-order valence-corrected chi connectivity index (χ4v) is 1.58. The minimum Gasteiger partial charge on any atom is -0.289 e. The number of benzene rings is 1. The van der Waals surface area contributed by atoms with Gasteiger partial charge in [-0.05, 0) is 27.7 Å². The van der Waals surface area contributed by atoms with Crippen molar-refractivity contribution in [2.45, 2.75) is 27.7 Å². The van der Waals surface area contributed by atoms with E-state index in [0.717, 1.165) is 11.5 Å². The van der Waals surface area contributed by atoms with Crippen LogP contribution in [0.4, 0.5) is 0 Å². The lowest BCUT2D eigenvalue weighted by atomic mass is 9.98. The van der Waals surface area contributed by atoms with E-state index in [1.807, 2.05) is 0 Å². The Bertz CT molecular complexity index is 289. The van der Waals surface area contributed by atoms with Gasteiger partial charge in [-0.3, -0.25) is 9.78 Å². The zero-order valence-corrected chi connectivity index (χ0v) is 7.82. The molecule has 12 heavy (non-hydrogen) atoms. The van der Waals surface area contributed by atoms with E-state index < -0.39 is 0 Å². The molecule has 64 valence electrons. The van der Waals surface area contributed by atoms with Crippen molar-refractivity contribution >= 4 is 0 Å². The monoisotopic (exact) mass is 164 g/mol. The van der Waals surface area contributed by atoms with Gasteiger partial charge in [0, 0.05) is 22.3 Å². The van der Waals surface area contributed by atoms with Gasteiger partial charge in [-0.1, -0.05) is 0 Å². The molecule has 0 radical (unpaired) electrons. The molecule has 0 amide bonds. The number of rotatable bonds is 0. The minimum atomic E-state index is 0.889. The second-order valence-electron chi connectivity index (χ2n) is 3.32. The molecule has 0 unspecified atom stereocenters. The molecule has 2 aliphatic rings. The molecule has 3 rings (SSSR count). The summed E-state index contributed by atoms with van der Waals surface area (Å²) in [6.07, 6.45) is 0. The molecule has 0 saturated carbocycles. The second kappa shape index (κ2) is 2.16. The molecular weight excluding hydrogens is 152 g/mol. The third-order valence-corrected chi connectivity index (χ3v) is 2.70. The Morgan fingerprint density at radius 1 is 0.583 bits per heavy atom. The first kappa shape index (κ1) is 7.47. The van der Waals surface area contributed by atoms with Crippen molar-refractivity contribution < 1.29 is 9.78 Å². The summed E-state index contributed by atoms with van der Waals surface area (Å²) in [5.74, 6) is 1.78. The van der Waals surface area contributed by atoms with Gasteiger partial charge in [0.15, 0.2) is 11.5 Å².